The fraction of sp³-hybridized carbons (Fsp3) is 0. The van der Waals surface area contributed by atoms with Crippen molar-refractivity contribution < 1.29 is 9.18 Å². The second kappa shape index (κ2) is 2.08. The van der Waals surface area contributed by atoms with Crippen molar-refractivity contribution in [2.75, 3.05) is 0 Å². The van der Waals surface area contributed by atoms with Gasteiger partial charge in [-0.05, 0) is 0 Å². The molecule has 1 nitrogen and oxygen atoms in total. The zero-order valence-corrected chi connectivity index (χ0v) is 4.86. The van der Waals surface area contributed by atoms with Crippen molar-refractivity contribution in [1.82, 2.24) is 0 Å². The number of rotatable bonds is 1. The molecule has 0 rings (SSSR count). The van der Waals surface area contributed by atoms with Gasteiger partial charge in [-0.25, -0.2) is 0 Å². The SMILES string of the molecule is O=C(F)[CH][SiH3]. The third-order valence-electron chi connectivity index (χ3n) is 0.227. The zero-order chi connectivity index (χ0) is 4.28. The van der Waals surface area contributed by atoms with E-state index in [4.69, 9.17) is 4.79 Å². The van der Waals surface area contributed by atoms with Gasteiger partial charge in [0.05, 0.1) is 0 Å². The molecule has 0 unspecified atom stereocenters. The molecule has 0 heterocycles. The van der Waals surface area contributed by atoms with Crippen molar-refractivity contribution in [1.29, 1.82) is 0 Å². The largest absolute Gasteiger partial charge is 0.301 e. The first kappa shape index (κ1) is 4.82. The number of hydrogen-bond acceptors (Lipinski definition) is 1. The van der Waals surface area contributed by atoms with Gasteiger partial charge in [0, 0.05) is 16.3 Å². The maximum Gasteiger partial charge on any atom is 0.301 e. The van der Waals surface area contributed by atoms with E-state index in [1.807, 2.05) is 0 Å². The molecule has 0 aliphatic carbocycles. The molecule has 0 aliphatic heterocycles. The van der Waals surface area contributed by atoms with Crippen LogP contribution in [-0.4, -0.2) is 16.3 Å². The normalized spacial score (nSPS) is 8.20. The smallest absolute Gasteiger partial charge is 0.261 e. The summed E-state index contributed by atoms with van der Waals surface area (Å²) >= 11 is 0. The van der Waals surface area contributed by atoms with E-state index >= 15 is 0 Å². The number of carbonyl (C=O) groups is 1. The molecule has 0 amide bonds. The number of carbonyl (C=O) groups excluding carboxylic acids is 1. The van der Waals surface area contributed by atoms with Gasteiger partial charge in [-0.15, -0.1) is 0 Å². The highest BCUT2D eigenvalue weighted by molar-refractivity contribution is 6.26. The first-order chi connectivity index (χ1) is 2.27. The molecule has 0 aromatic heterocycles. The molecule has 0 bridgehead atoms. The molecule has 0 fully saturated rings. The molecule has 0 aromatic rings. The average molecular weight is 91.1 g/mol. The summed E-state index contributed by atoms with van der Waals surface area (Å²) in [6, 6.07) is -0.309. The van der Waals surface area contributed by atoms with Crippen LogP contribution in [0.4, 0.5) is 4.39 Å². The summed E-state index contributed by atoms with van der Waals surface area (Å²) in [7, 11) is 0.524. The van der Waals surface area contributed by atoms with E-state index in [1.54, 1.807) is 0 Å². The fourth-order valence-corrected chi connectivity index (χ4v) is 0. The lowest BCUT2D eigenvalue weighted by Gasteiger charge is -1.65. The standard InChI is InChI=1S/C2H4FOSi/c3-2(4)1-5/h1H,5H3. The van der Waals surface area contributed by atoms with Crippen molar-refractivity contribution in [3.63, 3.8) is 0 Å². The first-order valence-electron chi connectivity index (χ1n) is 1.26. The quantitative estimate of drug-likeness (QED) is 0.299. The Bertz CT molecular complexity index is 44.9. The minimum atomic E-state index is -1.31. The van der Waals surface area contributed by atoms with Crippen LogP contribution >= 0.6 is 0 Å². The Morgan fingerprint density at radius 2 is 2.20 bits per heavy atom. The Morgan fingerprint density at radius 1 is 2.00 bits per heavy atom. The molecule has 5 heavy (non-hydrogen) atoms. The lowest BCUT2D eigenvalue weighted by atomic mass is 10.9. The lowest BCUT2D eigenvalue weighted by Crippen LogP contribution is -1.83. The minimum absolute atomic E-state index is 0.524. The molecule has 0 saturated carbocycles. The van der Waals surface area contributed by atoms with Crippen LogP contribution in [0.1, 0.15) is 0 Å². The van der Waals surface area contributed by atoms with E-state index in [-0.39, 0.29) is 0 Å². The third kappa shape index (κ3) is 3.82. The molecule has 1 radical (unpaired) electrons. The molecular formula is C2H4FOSi. The van der Waals surface area contributed by atoms with Gasteiger partial charge in [-0.1, -0.05) is 0 Å². The summed E-state index contributed by atoms with van der Waals surface area (Å²) in [4.78, 5) is 9.12. The van der Waals surface area contributed by atoms with Gasteiger partial charge in [0.1, 0.15) is 0 Å². The van der Waals surface area contributed by atoms with Gasteiger partial charge in [-0.2, -0.15) is 4.39 Å². The van der Waals surface area contributed by atoms with Gasteiger partial charge in [0.25, 0.3) is 0 Å². The molecule has 0 aromatic carbocycles. The topological polar surface area (TPSA) is 17.1 Å². The second-order valence-corrected chi connectivity index (χ2v) is 1.17. The zero-order valence-electron chi connectivity index (χ0n) is 2.86. The molecule has 0 N–H and O–H groups in total. The molecule has 0 aliphatic rings. The van der Waals surface area contributed by atoms with Gasteiger partial charge in [0.15, 0.2) is 0 Å². The van der Waals surface area contributed by atoms with E-state index < -0.39 is 6.04 Å². The van der Waals surface area contributed by atoms with Crippen molar-refractivity contribution in [3.05, 3.63) is 6.04 Å². The highest BCUT2D eigenvalue weighted by Crippen LogP contribution is 1.68. The first-order valence-corrected chi connectivity index (χ1v) is 2.41. The average Bonchev–Trinajstić information content (AvgIpc) is 1.38. The molecule has 0 spiro atoms. The predicted molar refractivity (Wildman–Crippen MR) is 20.4 cm³/mol. The summed E-state index contributed by atoms with van der Waals surface area (Å²) in [5, 5.41) is 0. The van der Waals surface area contributed by atoms with Gasteiger partial charge < -0.3 is 0 Å². The molecule has 3 heteroatoms. The Balaban J connectivity index is 2.85. The van der Waals surface area contributed by atoms with Crippen LogP contribution in [0.3, 0.4) is 0 Å². The van der Waals surface area contributed by atoms with Crippen LogP contribution in [0.15, 0.2) is 0 Å². The minimum Gasteiger partial charge on any atom is -0.261 e. The second-order valence-electron chi connectivity index (χ2n) is 0.593. The van der Waals surface area contributed by atoms with Crippen molar-refractivity contribution in [2.45, 2.75) is 0 Å². The van der Waals surface area contributed by atoms with Gasteiger partial charge in [-0.3, -0.25) is 4.79 Å². The van der Waals surface area contributed by atoms with Crippen molar-refractivity contribution in [2.24, 2.45) is 0 Å². The Morgan fingerprint density at radius 3 is 2.20 bits per heavy atom. The van der Waals surface area contributed by atoms with E-state index in [9.17, 15) is 4.39 Å². The number of halogens is 1. The summed E-state index contributed by atoms with van der Waals surface area (Å²) in [5.74, 6) is 0. The Kier molecular flexibility index (Phi) is 2.00. The molecular weight excluding hydrogens is 87.1 g/mol. The van der Waals surface area contributed by atoms with Gasteiger partial charge in [0.2, 0.25) is 0 Å². The van der Waals surface area contributed by atoms with Crippen LogP contribution in [0.25, 0.3) is 0 Å². The van der Waals surface area contributed by atoms with Crippen LogP contribution in [0.5, 0.6) is 0 Å². The lowest BCUT2D eigenvalue weighted by molar-refractivity contribution is -0.124. The Hall–Kier alpha value is -0.183. The fourth-order valence-electron chi connectivity index (χ4n) is 0. The molecule has 29 valence electrons. The number of hydrogen-bond donors (Lipinski definition) is 0. The van der Waals surface area contributed by atoms with Crippen LogP contribution in [0.2, 0.25) is 0 Å². The van der Waals surface area contributed by atoms with Gasteiger partial charge >= 0.3 is 6.04 Å². The van der Waals surface area contributed by atoms with E-state index in [2.05, 4.69) is 0 Å². The van der Waals surface area contributed by atoms with E-state index in [0.29, 0.717) is 10.2 Å². The van der Waals surface area contributed by atoms with Crippen molar-refractivity contribution >= 4 is 16.3 Å². The highest BCUT2D eigenvalue weighted by Gasteiger charge is 1.84. The van der Waals surface area contributed by atoms with E-state index in [1.165, 1.54) is 0 Å². The third-order valence-corrected chi connectivity index (χ3v) is 0.681. The molecule has 0 saturated heterocycles. The summed E-state index contributed by atoms with van der Waals surface area (Å²) in [5.41, 5.74) is 0. The van der Waals surface area contributed by atoms with Crippen LogP contribution in [-0.2, 0) is 4.79 Å². The highest BCUT2D eigenvalue weighted by atomic mass is 28.1. The predicted octanol–water partition coefficient (Wildman–Crippen LogP) is -0.990. The van der Waals surface area contributed by atoms with E-state index in [0.717, 1.165) is 6.04 Å². The summed E-state index contributed by atoms with van der Waals surface area (Å²) < 4.78 is 10.8. The maximum absolute atomic E-state index is 10.8. The maximum atomic E-state index is 10.8. The molecule has 0 atom stereocenters. The van der Waals surface area contributed by atoms with Crippen LogP contribution in [0, 0.1) is 6.04 Å². The summed E-state index contributed by atoms with van der Waals surface area (Å²) in [6.07, 6.45) is 0. The van der Waals surface area contributed by atoms with Crippen molar-refractivity contribution in [3.8, 4) is 0 Å². The monoisotopic (exact) mass is 91.0 g/mol. The Labute approximate surface area is 32.6 Å². The summed E-state index contributed by atoms with van der Waals surface area (Å²) in [6.45, 7) is 0. The van der Waals surface area contributed by atoms with Crippen LogP contribution < -0.4 is 0 Å².